The smallest absolute Gasteiger partial charge is 0.260 e. The zero-order valence-corrected chi connectivity index (χ0v) is 12.7. The Hall–Kier alpha value is -1.43. The van der Waals surface area contributed by atoms with E-state index in [2.05, 4.69) is 16.0 Å². The number of aromatic nitrogens is 2. The Morgan fingerprint density at radius 3 is 2.50 bits per heavy atom. The van der Waals surface area contributed by atoms with E-state index in [0.29, 0.717) is 20.8 Å². The van der Waals surface area contributed by atoms with Gasteiger partial charge in [0.05, 0.1) is 21.9 Å². The number of nitrogens with zero attached hydrogens (tertiary/aromatic N) is 2. The zero-order chi connectivity index (χ0) is 14.7. The second-order valence-corrected chi connectivity index (χ2v) is 5.38. The Morgan fingerprint density at radius 1 is 1.30 bits per heavy atom. The molecule has 1 amide bonds. The van der Waals surface area contributed by atoms with Gasteiger partial charge >= 0.3 is 0 Å². The molecule has 0 bridgehead atoms. The molecule has 1 aromatic carbocycles. The van der Waals surface area contributed by atoms with Crippen LogP contribution in [0.1, 0.15) is 5.56 Å². The van der Waals surface area contributed by atoms with Crippen LogP contribution < -0.4 is 10.9 Å². The molecule has 5 nitrogen and oxygen atoms in total. The first-order chi connectivity index (χ1) is 9.45. The van der Waals surface area contributed by atoms with Gasteiger partial charge in [-0.3, -0.25) is 20.3 Å². The summed E-state index contributed by atoms with van der Waals surface area (Å²) in [5.41, 5.74) is 6.54. The summed E-state index contributed by atoms with van der Waals surface area (Å²) < 4.78 is 1.53. The van der Waals surface area contributed by atoms with E-state index in [0.717, 1.165) is 5.56 Å². The van der Waals surface area contributed by atoms with E-state index in [1.54, 1.807) is 12.4 Å². The Bertz CT molecular complexity index is 618. The highest BCUT2D eigenvalue weighted by atomic mass is 35.5. The third-order valence-electron chi connectivity index (χ3n) is 2.40. The number of hydrazine groups is 1. The van der Waals surface area contributed by atoms with Crippen molar-refractivity contribution >= 4 is 46.4 Å². The van der Waals surface area contributed by atoms with E-state index in [1.165, 1.54) is 16.8 Å². The summed E-state index contributed by atoms with van der Waals surface area (Å²) in [5, 5.41) is 5.07. The standard InChI is InChI=1S/C12H11Cl3N4O/c1-7-4-16-19(5-7)6-11(20)17-18-12-9(14)2-8(13)3-10(12)15/h2-5,18H,6H2,1H3,(H,17,20). The zero-order valence-electron chi connectivity index (χ0n) is 10.5. The number of anilines is 1. The van der Waals surface area contributed by atoms with Crippen LogP contribution in [0, 0.1) is 6.92 Å². The Kier molecular flexibility index (Phi) is 4.75. The lowest BCUT2D eigenvalue weighted by Gasteiger charge is -2.12. The maximum atomic E-state index is 11.7. The van der Waals surface area contributed by atoms with Gasteiger partial charge in [-0.15, -0.1) is 0 Å². The predicted octanol–water partition coefficient (Wildman–Crippen LogP) is 3.30. The van der Waals surface area contributed by atoms with Gasteiger partial charge in [-0.05, 0) is 24.6 Å². The summed E-state index contributed by atoms with van der Waals surface area (Å²) >= 11 is 17.8. The molecule has 0 radical (unpaired) electrons. The molecule has 106 valence electrons. The fourth-order valence-corrected chi connectivity index (χ4v) is 2.45. The van der Waals surface area contributed by atoms with Gasteiger partial charge in [-0.1, -0.05) is 34.8 Å². The average Bonchev–Trinajstić information content (AvgIpc) is 2.73. The molecule has 1 aromatic heterocycles. The van der Waals surface area contributed by atoms with Gasteiger partial charge in [0.2, 0.25) is 0 Å². The topological polar surface area (TPSA) is 59.0 Å². The van der Waals surface area contributed by atoms with Crippen LogP contribution in [0.5, 0.6) is 0 Å². The van der Waals surface area contributed by atoms with E-state index in [-0.39, 0.29) is 12.5 Å². The van der Waals surface area contributed by atoms with Crippen molar-refractivity contribution < 1.29 is 4.79 Å². The molecule has 2 N–H and O–H groups in total. The highest BCUT2D eigenvalue weighted by molar-refractivity contribution is 6.41. The normalized spacial score (nSPS) is 10.4. The first-order valence-corrected chi connectivity index (χ1v) is 6.77. The fraction of sp³-hybridized carbons (Fsp3) is 0.167. The van der Waals surface area contributed by atoms with Crippen molar-refractivity contribution in [2.75, 3.05) is 5.43 Å². The third kappa shape index (κ3) is 3.79. The summed E-state index contributed by atoms with van der Waals surface area (Å²) in [7, 11) is 0. The van der Waals surface area contributed by atoms with Crippen molar-refractivity contribution in [2.45, 2.75) is 13.5 Å². The molecule has 0 atom stereocenters. The number of halogens is 3. The third-order valence-corrected chi connectivity index (χ3v) is 3.22. The molecule has 0 saturated heterocycles. The fourth-order valence-electron chi connectivity index (χ4n) is 1.53. The monoisotopic (exact) mass is 332 g/mol. The number of nitrogens with one attached hydrogen (secondary N) is 2. The number of hydrogen-bond donors (Lipinski definition) is 2. The van der Waals surface area contributed by atoms with Crippen LogP contribution in [0.2, 0.25) is 15.1 Å². The lowest BCUT2D eigenvalue weighted by atomic mass is 10.3. The van der Waals surface area contributed by atoms with Crippen LogP contribution in [-0.2, 0) is 11.3 Å². The van der Waals surface area contributed by atoms with E-state index in [9.17, 15) is 4.79 Å². The average molecular weight is 334 g/mol. The summed E-state index contributed by atoms with van der Waals surface area (Å²) in [5.74, 6) is -0.282. The predicted molar refractivity (Wildman–Crippen MR) is 80.2 cm³/mol. The second-order valence-electron chi connectivity index (χ2n) is 4.13. The van der Waals surface area contributed by atoms with E-state index < -0.39 is 0 Å². The molecule has 2 aromatic rings. The largest absolute Gasteiger partial charge is 0.296 e. The molecule has 8 heteroatoms. The Labute approximate surface area is 130 Å². The highest BCUT2D eigenvalue weighted by Crippen LogP contribution is 2.32. The molecule has 1 heterocycles. The number of carbonyl (C=O) groups excluding carboxylic acids is 1. The number of carbonyl (C=O) groups is 1. The summed E-state index contributed by atoms with van der Waals surface area (Å²) in [6.07, 6.45) is 3.44. The number of hydrogen-bond acceptors (Lipinski definition) is 3. The molecule has 0 aliphatic heterocycles. The molecule has 0 aliphatic rings. The van der Waals surface area contributed by atoms with E-state index in [1.807, 2.05) is 6.92 Å². The molecule has 0 aliphatic carbocycles. The number of aryl methyl sites for hydroxylation is 1. The van der Waals surface area contributed by atoms with Gasteiger partial charge in [0.1, 0.15) is 6.54 Å². The van der Waals surface area contributed by atoms with Crippen molar-refractivity contribution in [3.8, 4) is 0 Å². The molecule has 0 spiro atoms. The van der Waals surface area contributed by atoms with Gasteiger partial charge < -0.3 is 0 Å². The molecular formula is C12H11Cl3N4O. The first kappa shape index (κ1) is 15.0. The van der Waals surface area contributed by atoms with Gasteiger partial charge in [-0.25, -0.2) is 0 Å². The molecular weight excluding hydrogens is 323 g/mol. The van der Waals surface area contributed by atoms with Crippen molar-refractivity contribution in [1.29, 1.82) is 0 Å². The van der Waals surface area contributed by atoms with Crippen molar-refractivity contribution in [2.24, 2.45) is 0 Å². The van der Waals surface area contributed by atoms with Crippen molar-refractivity contribution in [3.05, 3.63) is 45.2 Å². The van der Waals surface area contributed by atoms with E-state index >= 15 is 0 Å². The second kappa shape index (κ2) is 6.35. The number of benzene rings is 1. The molecule has 0 saturated carbocycles. The molecule has 0 fully saturated rings. The van der Waals surface area contributed by atoms with Crippen molar-refractivity contribution in [1.82, 2.24) is 15.2 Å². The first-order valence-electron chi connectivity index (χ1n) is 5.64. The maximum Gasteiger partial charge on any atom is 0.260 e. The summed E-state index contributed by atoms with van der Waals surface area (Å²) in [6.45, 7) is 1.98. The lowest BCUT2D eigenvalue weighted by Crippen LogP contribution is -2.32. The number of rotatable bonds is 4. The van der Waals surface area contributed by atoms with Crippen LogP contribution in [0.25, 0.3) is 0 Å². The van der Waals surface area contributed by atoms with Gasteiger partial charge in [0.15, 0.2) is 0 Å². The minimum Gasteiger partial charge on any atom is -0.296 e. The summed E-state index contributed by atoms with van der Waals surface area (Å²) in [4.78, 5) is 11.7. The van der Waals surface area contributed by atoms with Crippen LogP contribution >= 0.6 is 34.8 Å². The quantitative estimate of drug-likeness (QED) is 0.844. The van der Waals surface area contributed by atoms with E-state index in [4.69, 9.17) is 34.8 Å². The van der Waals surface area contributed by atoms with Crippen LogP contribution in [0.15, 0.2) is 24.5 Å². The van der Waals surface area contributed by atoms with Gasteiger partial charge in [0, 0.05) is 11.2 Å². The minimum atomic E-state index is -0.282. The molecule has 20 heavy (non-hydrogen) atoms. The Balaban J connectivity index is 1.97. The highest BCUT2D eigenvalue weighted by Gasteiger charge is 2.09. The van der Waals surface area contributed by atoms with Crippen molar-refractivity contribution in [3.63, 3.8) is 0 Å². The molecule has 2 rings (SSSR count). The van der Waals surface area contributed by atoms with Gasteiger partial charge in [-0.2, -0.15) is 5.10 Å². The molecule has 0 unspecified atom stereocenters. The Morgan fingerprint density at radius 2 is 1.95 bits per heavy atom. The van der Waals surface area contributed by atoms with Crippen LogP contribution in [-0.4, -0.2) is 15.7 Å². The maximum absolute atomic E-state index is 11.7. The summed E-state index contributed by atoms with van der Waals surface area (Å²) in [6, 6.07) is 3.06. The minimum absolute atomic E-state index is 0.0870. The SMILES string of the molecule is Cc1cnn(CC(=O)NNc2c(Cl)cc(Cl)cc2Cl)c1. The number of amides is 1. The van der Waals surface area contributed by atoms with Crippen LogP contribution in [0.3, 0.4) is 0 Å². The van der Waals surface area contributed by atoms with Crippen LogP contribution in [0.4, 0.5) is 5.69 Å². The lowest BCUT2D eigenvalue weighted by molar-refractivity contribution is -0.121. The van der Waals surface area contributed by atoms with Gasteiger partial charge in [0.25, 0.3) is 5.91 Å².